The molecule has 1 rings (SSSR count). The van der Waals surface area contributed by atoms with Gasteiger partial charge in [0.2, 0.25) is 0 Å². The normalized spacial score (nSPS) is 21.1. The van der Waals surface area contributed by atoms with E-state index >= 15 is 0 Å². The zero-order chi connectivity index (χ0) is 5.11. The zero-order valence-corrected chi connectivity index (χ0v) is 4.91. The quantitative estimate of drug-likeness (QED) is 0.498. The van der Waals surface area contributed by atoms with E-state index in [4.69, 9.17) is 4.74 Å². The molecule has 7 heavy (non-hydrogen) atoms. The fourth-order valence-electron chi connectivity index (χ4n) is 0.557. The third kappa shape index (κ3) is 1.21. The summed E-state index contributed by atoms with van der Waals surface area (Å²) < 4.78 is 4.92. The van der Waals surface area contributed by atoms with Crippen LogP contribution in [0.25, 0.3) is 0 Å². The van der Waals surface area contributed by atoms with Crippen LogP contribution in [-0.2, 0) is 4.74 Å². The number of thiocarbonyl (C=S) groups is 1. The van der Waals surface area contributed by atoms with Crippen LogP contribution in [0.4, 0.5) is 0 Å². The van der Waals surface area contributed by atoms with Crippen LogP contribution in [0.15, 0.2) is 0 Å². The SMILES string of the molecule is S=CCC1COC1. The number of rotatable bonds is 2. The summed E-state index contributed by atoms with van der Waals surface area (Å²) >= 11 is 4.65. The van der Waals surface area contributed by atoms with Gasteiger partial charge in [-0.15, -0.1) is 0 Å². The first kappa shape index (κ1) is 5.19. The average molecular weight is 116 g/mol. The van der Waals surface area contributed by atoms with Crippen LogP contribution in [0.2, 0.25) is 0 Å². The summed E-state index contributed by atoms with van der Waals surface area (Å²) in [5, 5.41) is 1.78. The molecule has 0 aromatic carbocycles. The van der Waals surface area contributed by atoms with Crippen LogP contribution in [0.1, 0.15) is 6.42 Å². The summed E-state index contributed by atoms with van der Waals surface area (Å²) in [7, 11) is 0. The molecule has 40 valence electrons. The standard InChI is InChI=1S/C5H8OS/c7-2-1-5-3-6-4-5/h2,5H,1,3-4H2. The molecule has 0 aromatic heterocycles. The molecule has 2 heteroatoms. The molecular formula is C5H8OS. The lowest BCUT2D eigenvalue weighted by Crippen LogP contribution is -2.27. The van der Waals surface area contributed by atoms with Gasteiger partial charge < -0.3 is 4.74 Å². The lowest BCUT2D eigenvalue weighted by atomic mass is 10.1. The highest BCUT2D eigenvalue weighted by Gasteiger charge is 2.15. The Labute approximate surface area is 48.7 Å². The molecular weight excluding hydrogens is 108 g/mol. The minimum atomic E-state index is 0.748. The van der Waals surface area contributed by atoms with Crippen LogP contribution in [-0.4, -0.2) is 18.6 Å². The molecule has 0 radical (unpaired) electrons. The Balaban J connectivity index is 2.03. The highest BCUT2D eigenvalue weighted by Crippen LogP contribution is 2.11. The predicted octanol–water partition coefficient (Wildman–Crippen LogP) is 1.02. The average Bonchev–Trinajstić information content (AvgIpc) is 1.55. The van der Waals surface area contributed by atoms with Crippen molar-refractivity contribution in [3.63, 3.8) is 0 Å². The van der Waals surface area contributed by atoms with E-state index in [1.165, 1.54) is 0 Å². The van der Waals surface area contributed by atoms with Crippen molar-refractivity contribution in [2.75, 3.05) is 13.2 Å². The molecule has 1 heterocycles. The van der Waals surface area contributed by atoms with Gasteiger partial charge in [0.15, 0.2) is 0 Å². The minimum absolute atomic E-state index is 0.748. The maximum atomic E-state index is 4.92. The second-order valence-electron chi connectivity index (χ2n) is 1.81. The maximum Gasteiger partial charge on any atom is 0.0519 e. The van der Waals surface area contributed by atoms with Crippen LogP contribution in [0.3, 0.4) is 0 Å². The summed E-state index contributed by atoms with van der Waals surface area (Å²) in [6.07, 6.45) is 1.05. The Morgan fingerprint density at radius 2 is 2.43 bits per heavy atom. The third-order valence-electron chi connectivity index (χ3n) is 1.14. The molecule has 0 saturated carbocycles. The fraction of sp³-hybridized carbons (Fsp3) is 0.800. The molecule has 1 aliphatic heterocycles. The van der Waals surface area contributed by atoms with Gasteiger partial charge in [-0.2, -0.15) is 0 Å². The second kappa shape index (κ2) is 2.38. The van der Waals surface area contributed by atoms with E-state index in [0.717, 1.165) is 25.6 Å². The predicted molar refractivity (Wildman–Crippen MR) is 32.6 cm³/mol. The van der Waals surface area contributed by atoms with Crippen LogP contribution < -0.4 is 0 Å². The van der Waals surface area contributed by atoms with E-state index in [1.807, 2.05) is 0 Å². The van der Waals surface area contributed by atoms with Crippen molar-refractivity contribution in [3.05, 3.63) is 0 Å². The smallest absolute Gasteiger partial charge is 0.0519 e. The molecule has 0 amide bonds. The first-order valence-electron chi connectivity index (χ1n) is 2.45. The van der Waals surface area contributed by atoms with Crippen molar-refractivity contribution in [2.45, 2.75) is 6.42 Å². The monoisotopic (exact) mass is 116 g/mol. The van der Waals surface area contributed by atoms with E-state index in [9.17, 15) is 0 Å². The molecule has 0 spiro atoms. The van der Waals surface area contributed by atoms with Gasteiger partial charge in [0.1, 0.15) is 0 Å². The number of hydrogen-bond donors (Lipinski definition) is 0. The van der Waals surface area contributed by atoms with Gasteiger partial charge in [0.05, 0.1) is 13.2 Å². The lowest BCUT2D eigenvalue weighted by Gasteiger charge is -2.23. The maximum absolute atomic E-state index is 4.92. The van der Waals surface area contributed by atoms with Gasteiger partial charge in [0.25, 0.3) is 0 Å². The minimum Gasteiger partial charge on any atom is -0.381 e. The molecule has 0 N–H and O–H groups in total. The zero-order valence-electron chi connectivity index (χ0n) is 4.09. The van der Waals surface area contributed by atoms with Crippen molar-refractivity contribution in [1.29, 1.82) is 0 Å². The van der Waals surface area contributed by atoms with E-state index < -0.39 is 0 Å². The summed E-state index contributed by atoms with van der Waals surface area (Å²) in [5.41, 5.74) is 0. The van der Waals surface area contributed by atoms with Crippen LogP contribution in [0.5, 0.6) is 0 Å². The van der Waals surface area contributed by atoms with Crippen LogP contribution in [0, 0.1) is 5.92 Å². The summed E-state index contributed by atoms with van der Waals surface area (Å²) in [4.78, 5) is 0. The first-order chi connectivity index (χ1) is 3.43. The Hall–Kier alpha value is 0.0500. The molecule has 1 nitrogen and oxygen atoms in total. The van der Waals surface area contributed by atoms with Crippen molar-refractivity contribution >= 4 is 17.6 Å². The second-order valence-corrected chi connectivity index (χ2v) is 2.14. The topological polar surface area (TPSA) is 9.23 Å². The molecule has 0 aliphatic carbocycles. The summed E-state index contributed by atoms with van der Waals surface area (Å²) in [6.45, 7) is 1.85. The van der Waals surface area contributed by atoms with Gasteiger partial charge in [0, 0.05) is 5.92 Å². The van der Waals surface area contributed by atoms with Crippen molar-refractivity contribution in [3.8, 4) is 0 Å². The van der Waals surface area contributed by atoms with Gasteiger partial charge in [-0.05, 0) is 11.8 Å². The number of ether oxygens (including phenoxy) is 1. The van der Waals surface area contributed by atoms with Gasteiger partial charge >= 0.3 is 0 Å². The number of hydrogen-bond acceptors (Lipinski definition) is 2. The molecule has 1 aliphatic rings. The van der Waals surface area contributed by atoms with Crippen molar-refractivity contribution in [1.82, 2.24) is 0 Å². The van der Waals surface area contributed by atoms with Gasteiger partial charge in [-0.25, -0.2) is 0 Å². The van der Waals surface area contributed by atoms with Crippen molar-refractivity contribution < 1.29 is 4.74 Å². The molecule has 0 aromatic rings. The van der Waals surface area contributed by atoms with Gasteiger partial charge in [-0.3, -0.25) is 0 Å². The Bertz CT molecular complexity index is 68.5. The summed E-state index contributed by atoms with van der Waals surface area (Å²) in [6, 6.07) is 0. The van der Waals surface area contributed by atoms with E-state index in [1.54, 1.807) is 5.37 Å². The third-order valence-corrected chi connectivity index (χ3v) is 1.33. The van der Waals surface area contributed by atoms with E-state index in [2.05, 4.69) is 12.2 Å². The highest BCUT2D eigenvalue weighted by atomic mass is 32.1. The van der Waals surface area contributed by atoms with E-state index in [0.29, 0.717) is 0 Å². The molecule has 1 saturated heterocycles. The largest absolute Gasteiger partial charge is 0.381 e. The first-order valence-corrected chi connectivity index (χ1v) is 2.92. The van der Waals surface area contributed by atoms with E-state index in [-0.39, 0.29) is 0 Å². The Morgan fingerprint density at radius 1 is 1.71 bits per heavy atom. The van der Waals surface area contributed by atoms with Crippen molar-refractivity contribution in [2.24, 2.45) is 5.92 Å². The highest BCUT2D eigenvalue weighted by molar-refractivity contribution is 7.78. The fourth-order valence-corrected chi connectivity index (χ4v) is 0.829. The Morgan fingerprint density at radius 3 is 2.57 bits per heavy atom. The van der Waals surface area contributed by atoms with Crippen LogP contribution >= 0.6 is 12.2 Å². The molecule has 0 unspecified atom stereocenters. The summed E-state index contributed by atoms with van der Waals surface area (Å²) in [5.74, 6) is 0.748. The molecule has 1 fully saturated rings. The molecule has 0 bridgehead atoms. The Kier molecular flexibility index (Phi) is 1.77. The molecule has 0 atom stereocenters. The van der Waals surface area contributed by atoms with Gasteiger partial charge in [-0.1, -0.05) is 12.2 Å². The lowest BCUT2D eigenvalue weighted by molar-refractivity contribution is -0.0272.